The molecule has 4 N–H and O–H groups in total. The van der Waals surface area contributed by atoms with Gasteiger partial charge in [-0.2, -0.15) is 0 Å². The summed E-state index contributed by atoms with van der Waals surface area (Å²) < 4.78 is 0.505. The minimum absolute atomic E-state index is 0.0197. The standard InChI is InChI=1S/C30H30N6O6S4/c1-17-7-11-19(12-8-17)25(39)33-31-21(37)5-3-15-35-27(41)23(45-29(35)43)24-28(42)36(30(44)46-24)16-4-6-22(38)32-34-26(40)20-13-9-18(2)10-14-20/h7-14H,3-6,15-16H2,1-2H3,(H,31,37)(H,32,38)(H,33,39)(H,34,40)/b24-23+. The van der Waals surface area contributed by atoms with E-state index in [-0.39, 0.29) is 57.2 Å². The van der Waals surface area contributed by atoms with E-state index < -0.39 is 35.4 Å². The van der Waals surface area contributed by atoms with Gasteiger partial charge in [0.05, 0.1) is 9.81 Å². The number of aryl methyl sites for hydroxylation is 2. The minimum atomic E-state index is -0.452. The molecular weight excluding hydrogens is 669 g/mol. The van der Waals surface area contributed by atoms with Gasteiger partial charge in [-0.1, -0.05) is 83.4 Å². The Bertz CT molecular complexity index is 1510. The molecule has 46 heavy (non-hydrogen) atoms. The summed E-state index contributed by atoms with van der Waals surface area (Å²) in [4.78, 5) is 78.1. The van der Waals surface area contributed by atoms with Crippen LogP contribution in [0, 0.1) is 13.8 Å². The Morgan fingerprint density at radius 3 is 1.30 bits per heavy atom. The van der Waals surface area contributed by atoms with Crippen LogP contribution in [0.3, 0.4) is 0 Å². The Hall–Kier alpha value is -4.12. The van der Waals surface area contributed by atoms with Crippen LogP contribution in [-0.4, -0.2) is 67.0 Å². The van der Waals surface area contributed by atoms with Gasteiger partial charge in [-0.05, 0) is 51.0 Å². The van der Waals surface area contributed by atoms with E-state index in [9.17, 15) is 28.8 Å². The molecule has 2 saturated heterocycles. The highest BCUT2D eigenvalue weighted by molar-refractivity contribution is 8.29. The summed E-state index contributed by atoms with van der Waals surface area (Å²) in [5.41, 5.74) is 12.2. The molecule has 0 aromatic heterocycles. The molecule has 12 nitrogen and oxygen atoms in total. The molecule has 6 amide bonds. The topological polar surface area (TPSA) is 157 Å². The van der Waals surface area contributed by atoms with Crippen molar-refractivity contribution in [3.05, 3.63) is 80.6 Å². The first-order chi connectivity index (χ1) is 21.9. The van der Waals surface area contributed by atoms with Crippen LogP contribution >= 0.6 is 48.0 Å². The van der Waals surface area contributed by atoms with Crippen LogP contribution in [0.2, 0.25) is 0 Å². The molecule has 0 saturated carbocycles. The van der Waals surface area contributed by atoms with E-state index in [1.54, 1.807) is 48.5 Å². The Balaban J connectivity index is 1.20. The van der Waals surface area contributed by atoms with E-state index in [1.165, 1.54) is 9.80 Å². The molecular formula is C30H30N6O6S4. The van der Waals surface area contributed by atoms with E-state index in [4.69, 9.17) is 24.4 Å². The fourth-order valence-corrected chi connectivity index (χ4v) is 6.95. The third-order valence-electron chi connectivity index (χ3n) is 6.73. The second kappa shape index (κ2) is 15.9. The van der Waals surface area contributed by atoms with Gasteiger partial charge in [-0.15, -0.1) is 0 Å². The highest BCUT2D eigenvalue weighted by atomic mass is 32.2. The number of hydrogen-bond donors (Lipinski definition) is 4. The van der Waals surface area contributed by atoms with E-state index >= 15 is 0 Å². The minimum Gasteiger partial charge on any atom is -0.293 e. The maximum atomic E-state index is 13.2. The average molecular weight is 699 g/mol. The molecule has 0 aliphatic carbocycles. The quantitative estimate of drug-likeness (QED) is 0.165. The first-order valence-corrected chi connectivity index (χ1v) is 16.5. The highest BCUT2D eigenvalue weighted by Crippen LogP contribution is 2.42. The predicted molar refractivity (Wildman–Crippen MR) is 183 cm³/mol. The fraction of sp³-hybridized carbons (Fsp3) is 0.267. The molecule has 0 spiro atoms. The molecule has 2 aliphatic rings. The van der Waals surface area contributed by atoms with Crippen LogP contribution in [0.1, 0.15) is 57.5 Å². The second-order valence-corrected chi connectivity index (χ2v) is 13.5. The Morgan fingerprint density at radius 2 is 0.957 bits per heavy atom. The monoisotopic (exact) mass is 698 g/mol. The number of nitrogens with zero attached hydrogens (tertiary/aromatic N) is 2. The number of benzene rings is 2. The van der Waals surface area contributed by atoms with E-state index in [0.717, 1.165) is 34.7 Å². The normalized spacial score (nSPS) is 16.1. The fourth-order valence-electron chi connectivity index (χ4n) is 4.18. The zero-order valence-corrected chi connectivity index (χ0v) is 28.1. The van der Waals surface area contributed by atoms with Crippen molar-refractivity contribution in [3.8, 4) is 0 Å². The van der Waals surface area contributed by atoms with E-state index in [0.29, 0.717) is 11.1 Å². The number of rotatable bonds is 10. The molecule has 2 aromatic carbocycles. The number of carbonyl (C=O) groups is 6. The number of thioether (sulfide) groups is 2. The van der Waals surface area contributed by atoms with Gasteiger partial charge in [0, 0.05) is 37.1 Å². The maximum absolute atomic E-state index is 13.2. The third-order valence-corrected chi connectivity index (χ3v) is 9.76. The number of thiocarbonyl (C=S) groups is 2. The Morgan fingerprint density at radius 1 is 0.609 bits per heavy atom. The lowest BCUT2D eigenvalue weighted by atomic mass is 10.1. The maximum Gasteiger partial charge on any atom is 0.269 e. The van der Waals surface area contributed by atoms with Crippen LogP contribution in [-0.2, 0) is 19.2 Å². The predicted octanol–water partition coefficient (Wildman–Crippen LogP) is 3.02. The lowest BCUT2D eigenvalue weighted by Gasteiger charge is -2.15. The smallest absolute Gasteiger partial charge is 0.269 e. The summed E-state index contributed by atoms with van der Waals surface area (Å²) >= 11 is 12.7. The Labute approximate surface area is 284 Å². The summed E-state index contributed by atoms with van der Waals surface area (Å²) in [6.07, 6.45) is 0.568. The summed E-state index contributed by atoms with van der Waals surface area (Å²) in [5, 5.41) is 0. The van der Waals surface area contributed by atoms with Crippen LogP contribution in [0.15, 0.2) is 58.3 Å². The molecule has 2 fully saturated rings. The summed E-state index contributed by atoms with van der Waals surface area (Å²) in [7, 11) is 0. The lowest BCUT2D eigenvalue weighted by Crippen LogP contribution is -2.42. The third kappa shape index (κ3) is 8.99. The molecule has 2 heterocycles. The zero-order valence-electron chi connectivity index (χ0n) is 24.8. The van der Waals surface area contributed by atoms with Gasteiger partial charge in [0.1, 0.15) is 8.64 Å². The number of nitrogens with one attached hydrogen (secondary N) is 4. The second-order valence-electron chi connectivity index (χ2n) is 10.3. The Kier molecular flexibility index (Phi) is 12.0. The lowest BCUT2D eigenvalue weighted by molar-refractivity contribution is -0.125. The van der Waals surface area contributed by atoms with Gasteiger partial charge in [0.25, 0.3) is 23.6 Å². The van der Waals surface area contributed by atoms with Crippen molar-refractivity contribution < 1.29 is 28.8 Å². The van der Waals surface area contributed by atoms with Crippen molar-refractivity contribution in [1.29, 1.82) is 0 Å². The SMILES string of the molecule is Cc1ccc(C(=O)NNC(=O)CCCN2C(=O)/C(=C3\SC(=S)N(CCCC(=O)NNC(=O)c4ccc(C)cc4)C3=O)SC2=S)cc1. The van der Waals surface area contributed by atoms with Crippen molar-refractivity contribution in [1.82, 2.24) is 31.5 Å². The number of amides is 6. The number of hydrazine groups is 2. The zero-order chi connectivity index (χ0) is 33.4. The van der Waals surface area contributed by atoms with Crippen molar-refractivity contribution in [2.24, 2.45) is 0 Å². The van der Waals surface area contributed by atoms with Gasteiger partial charge in [-0.3, -0.25) is 60.3 Å². The molecule has 0 radical (unpaired) electrons. The van der Waals surface area contributed by atoms with Crippen molar-refractivity contribution in [2.45, 2.75) is 39.5 Å². The average Bonchev–Trinajstić information content (AvgIpc) is 3.47. The summed E-state index contributed by atoms with van der Waals surface area (Å²) in [6.45, 7) is 4.08. The van der Waals surface area contributed by atoms with E-state index in [2.05, 4.69) is 21.7 Å². The van der Waals surface area contributed by atoms with Gasteiger partial charge < -0.3 is 0 Å². The number of carbonyl (C=O) groups excluding carboxylic acids is 6. The van der Waals surface area contributed by atoms with Crippen molar-refractivity contribution in [3.63, 3.8) is 0 Å². The van der Waals surface area contributed by atoms with Gasteiger partial charge in [-0.25, -0.2) is 0 Å². The molecule has 240 valence electrons. The van der Waals surface area contributed by atoms with Crippen LogP contribution in [0.4, 0.5) is 0 Å². The van der Waals surface area contributed by atoms with Gasteiger partial charge in [0.15, 0.2) is 0 Å². The molecule has 0 unspecified atom stereocenters. The molecule has 0 atom stereocenters. The van der Waals surface area contributed by atoms with E-state index in [1.807, 2.05) is 13.8 Å². The van der Waals surface area contributed by atoms with Gasteiger partial charge >= 0.3 is 0 Å². The first-order valence-electron chi connectivity index (χ1n) is 14.1. The molecule has 0 bridgehead atoms. The largest absolute Gasteiger partial charge is 0.293 e. The van der Waals surface area contributed by atoms with Crippen LogP contribution < -0.4 is 21.7 Å². The van der Waals surface area contributed by atoms with Crippen molar-refractivity contribution in [2.75, 3.05) is 13.1 Å². The highest BCUT2D eigenvalue weighted by Gasteiger charge is 2.41. The summed E-state index contributed by atoms with van der Waals surface area (Å²) in [5.74, 6) is -2.68. The first kappa shape index (κ1) is 34.7. The molecule has 2 aromatic rings. The van der Waals surface area contributed by atoms with Crippen LogP contribution in [0.5, 0.6) is 0 Å². The molecule has 16 heteroatoms. The molecule has 2 aliphatic heterocycles. The number of hydrogen-bond acceptors (Lipinski definition) is 10. The van der Waals surface area contributed by atoms with Crippen molar-refractivity contribution >= 4 is 92.0 Å². The molecule has 4 rings (SSSR count). The van der Waals surface area contributed by atoms with Crippen LogP contribution in [0.25, 0.3) is 0 Å². The van der Waals surface area contributed by atoms with Gasteiger partial charge in [0.2, 0.25) is 11.8 Å². The summed E-state index contributed by atoms with van der Waals surface area (Å²) in [6, 6.07) is 13.7.